The minimum Gasteiger partial charge on any atom is -0.388 e. The van der Waals surface area contributed by atoms with E-state index < -0.39 is 0 Å². The average molecular weight is 168 g/mol. The SMILES string of the molecule is CCCC(C)C(O)C1=CCCC1. The molecule has 0 amide bonds. The fraction of sp³-hybridized carbons (Fsp3) is 0.818. The predicted octanol–water partition coefficient (Wildman–Crippen LogP) is 2.89. The first kappa shape index (κ1) is 9.79. The van der Waals surface area contributed by atoms with E-state index in [0.717, 1.165) is 12.8 Å². The van der Waals surface area contributed by atoms with E-state index in [-0.39, 0.29) is 6.10 Å². The minimum absolute atomic E-state index is 0.160. The molecule has 1 aliphatic carbocycles. The lowest BCUT2D eigenvalue weighted by Gasteiger charge is -2.19. The highest BCUT2D eigenvalue weighted by atomic mass is 16.3. The summed E-state index contributed by atoms with van der Waals surface area (Å²) < 4.78 is 0. The molecule has 0 fully saturated rings. The second kappa shape index (κ2) is 4.66. The maximum Gasteiger partial charge on any atom is 0.0775 e. The van der Waals surface area contributed by atoms with Crippen molar-refractivity contribution in [2.45, 2.75) is 52.1 Å². The summed E-state index contributed by atoms with van der Waals surface area (Å²) >= 11 is 0. The van der Waals surface area contributed by atoms with Crippen LogP contribution in [0, 0.1) is 5.92 Å². The topological polar surface area (TPSA) is 20.2 Å². The molecule has 0 spiro atoms. The van der Waals surface area contributed by atoms with Crippen LogP contribution in [0.4, 0.5) is 0 Å². The molecule has 1 heteroatoms. The molecule has 2 unspecified atom stereocenters. The highest BCUT2D eigenvalue weighted by Gasteiger charge is 2.19. The van der Waals surface area contributed by atoms with Crippen LogP contribution in [0.15, 0.2) is 11.6 Å². The first-order chi connectivity index (χ1) is 5.75. The molecule has 70 valence electrons. The normalized spacial score (nSPS) is 22.1. The molecule has 0 saturated heterocycles. The van der Waals surface area contributed by atoms with Crippen molar-refractivity contribution in [2.24, 2.45) is 5.92 Å². The van der Waals surface area contributed by atoms with E-state index in [1.165, 1.54) is 24.8 Å². The third-order valence-corrected chi connectivity index (χ3v) is 2.74. The maximum absolute atomic E-state index is 9.88. The van der Waals surface area contributed by atoms with Gasteiger partial charge in [0, 0.05) is 0 Å². The van der Waals surface area contributed by atoms with Crippen molar-refractivity contribution in [3.63, 3.8) is 0 Å². The number of aliphatic hydroxyl groups is 1. The van der Waals surface area contributed by atoms with Crippen LogP contribution in [0.3, 0.4) is 0 Å². The summed E-state index contributed by atoms with van der Waals surface area (Å²) in [5, 5.41) is 9.88. The fourth-order valence-corrected chi connectivity index (χ4v) is 1.94. The van der Waals surface area contributed by atoms with Crippen LogP contribution in [0.2, 0.25) is 0 Å². The molecule has 1 rings (SSSR count). The smallest absolute Gasteiger partial charge is 0.0775 e. The van der Waals surface area contributed by atoms with E-state index in [0.29, 0.717) is 5.92 Å². The van der Waals surface area contributed by atoms with Gasteiger partial charge in [-0.05, 0) is 37.2 Å². The number of rotatable bonds is 4. The molecule has 2 atom stereocenters. The van der Waals surface area contributed by atoms with Gasteiger partial charge in [-0.3, -0.25) is 0 Å². The molecule has 0 radical (unpaired) electrons. The maximum atomic E-state index is 9.88. The third-order valence-electron chi connectivity index (χ3n) is 2.74. The first-order valence-corrected chi connectivity index (χ1v) is 5.12. The van der Waals surface area contributed by atoms with Crippen molar-refractivity contribution in [3.8, 4) is 0 Å². The molecule has 0 heterocycles. The highest BCUT2D eigenvalue weighted by Crippen LogP contribution is 2.26. The van der Waals surface area contributed by atoms with Gasteiger partial charge >= 0.3 is 0 Å². The van der Waals surface area contributed by atoms with Gasteiger partial charge in [0.15, 0.2) is 0 Å². The second-order valence-corrected chi connectivity index (χ2v) is 3.88. The fourth-order valence-electron chi connectivity index (χ4n) is 1.94. The zero-order valence-corrected chi connectivity index (χ0v) is 8.21. The van der Waals surface area contributed by atoms with E-state index >= 15 is 0 Å². The van der Waals surface area contributed by atoms with Gasteiger partial charge in [-0.25, -0.2) is 0 Å². The van der Waals surface area contributed by atoms with Crippen LogP contribution in [0.25, 0.3) is 0 Å². The molecule has 0 aromatic heterocycles. The summed E-state index contributed by atoms with van der Waals surface area (Å²) in [7, 11) is 0. The molecule has 0 bridgehead atoms. The molecular formula is C11H20O. The Morgan fingerprint density at radius 1 is 1.58 bits per heavy atom. The van der Waals surface area contributed by atoms with Crippen LogP contribution in [-0.4, -0.2) is 11.2 Å². The van der Waals surface area contributed by atoms with Gasteiger partial charge in [0.05, 0.1) is 6.10 Å². The zero-order chi connectivity index (χ0) is 8.97. The predicted molar refractivity (Wildman–Crippen MR) is 52.0 cm³/mol. The number of hydrogen-bond acceptors (Lipinski definition) is 1. The van der Waals surface area contributed by atoms with Crippen LogP contribution < -0.4 is 0 Å². The molecule has 1 N–H and O–H groups in total. The number of hydrogen-bond donors (Lipinski definition) is 1. The van der Waals surface area contributed by atoms with E-state index in [1.807, 2.05) is 0 Å². The number of aliphatic hydroxyl groups excluding tert-OH is 1. The van der Waals surface area contributed by atoms with Gasteiger partial charge < -0.3 is 5.11 Å². The monoisotopic (exact) mass is 168 g/mol. The number of allylic oxidation sites excluding steroid dienone is 1. The summed E-state index contributed by atoms with van der Waals surface area (Å²) in [5.74, 6) is 0.444. The molecule has 12 heavy (non-hydrogen) atoms. The van der Waals surface area contributed by atoms with Crippen molar-refractivity contribution >= 4 is 0 Å². The first-order valence-electron chi connectivity index (χ1n) is 5.12. The molecule has 0 aliphatic heterocycles. The Morgan fingerprint density at radius 3 is 2.83 bits per heavy atom. The molecule has 0 aromatic rings. The van der Waals surface area contributed by atoms with Crippen LogP contribution in [-0.2, 0) is 0 Å². The highest BCUT2D eigenvalue weighted by molar-refractivity contribution is 5.13. The molecule has 0 saturated carbocycles. The Balaban J connectivity index is 2.39. The standard InChI is InChI=1S/C11H20O/c1-3-6-9(2)11(12)10-7-4-5-8-10/h7,9,11-12H,3-6,8H2,1-2H3. The van der Waals surface area contributed by atoms with Gasteiger partial charge in [0.1, 0.15) is 0 Å². The van der Waals surface area contributed by atoms with Gasteiger partial charge in [0.2, 0.25) is 0 Å². The van der Waals surface area contributed by atoms with Crippen LogP contribution in [0.1, 0.15) is 46.0 Å². The van der Waals surface area contributed by atoms with Gasteiger partial charge in [-0.15, -0.1) is 0 Å². The van der Waals surface area contributed by atoms with Crippen molar-refractivity contribution in [3.05, 3.63) is 11.6 Å². The third kappa shape index (κ3) is 2.34. The summed E-state index contributed by atoms with van der Waals surface area (Å²) in [6.07, 6.45) is 7.90. The quantitative estimate of drug-likeness (QED) is 0.640. The van der Waals surface area contributed by atoms with Crippen molar-refractivity contribution in [1.29, 1.82) is 0 Å². The van der Waals surface area contributed by atoms with Crippen molar-refractivity contribution in [1.82, 2.24) is 0 Å². The lowest BCUT2D eigenvalue weighted by molar-refractivity contribution is 0.142. The Labute approximate surface area is 75.5 Å². The molecular weight excluding hydrogens is 148 g/mol. The van der Waals surface area contributed by atoms with Gasteiger partial charge in [-0.2, -0.15) is 0 Å². The lowest BCUT2D eigenvalue weighted by atomic mass is 9.93. The van der Waals surface area contributed by atoms with E-state index in [2.05, 4.69) is 19.9 Å². The van der Waals surface area contributed by atoms with Crippen LogP contribution >= 0.6 is 0 Å². The molecule has 0 aromatic carbocycles. The summed E-state index contributed by atoms with van der Waals surface area (Å²) in [5.41, 5.74) is 1.29. The van der Waals surface area contributed by atoms with Crippen LogP contribution in [0.5, 0.6) is 0 Å². The van der Waals surface area contributed by atoms with Gasteiger partial charge in [-0.1, -0.05) is 26.3 Å². The second-order valence-electron chi connectivity index (χ2n) is 3.88. The minimum atomic E-state index is -0.160. The Kier molecular flexibility index (Phi) is 3.80. The summed E-state index contributed by atoms with van der Waals surface area (Å²) in [6.45, 7) is 4.32. The summed E-state index contributed by atoms with van der Waals surface area (Å²) in [6, 6.07) is 0. The van der Waals surface area contributed by atoms with E-state index in [9.17, 15) is 5.11 Å². The Morgan fingerprint density at radius 2 is 2.33 bits per heavy atom. The lowest BCUT2D eigenvalue weighted by Crippen LogP contribution is -2.19. The Hall–Kier alpha value is -0.300. The molecule has 1 aliphatic rings. The van der Waals surface area contributed by atoms with E-state index in [1.54, 1.807) is 0 Å². The van der Waals surface area contributed by atoms with Gasteiger partial charge in [0.25, 0.3) is 0 Å². The van der Waals surface area contributed by atoms with E-state index in [4.69, 9.17) is 0 Å². The van der Waals surface area contributed by atoms with Crippen molar-refractivity contribution in [2.75, 3.05) is 0 Å². The van der Waals surface area contributed by atoms with Crippen molar-refractivity contribution < 1.29 is 5.11 Å². The largest absolute Gasteiger partial charge is 0.388 e. The Bertz CT molecular complexity index is 160. The average Bonchev–Trinajstić information content (AvgIpc) is 2.55. The summed E-state index contributed by atoms with van der Waals surface area (Å²) in [4.78, 5) is 0. The zero-order valence-electron chi connectivity index (χ0n) is 8.21. The molecule has 1 nitrogen and oxygen atoms in total.